The summed E-state index contributed by atoms with van der Waals surface area (Å²) in [6.45, 7) is 2.85. The minimum atomic E-state index is -0.138. The van der Waals surface area contributed by atoms with Gasteiger partial charge in [0.15, 0.2) is 0 Å². The maximum atomic E-state index is 12.6. The quantitative estimate of drug-likeness (QED) is 0.710. The van der Waals surface area contributed by atoms with Crippen molar-refractivity contribution < 1.29 is 9.53 Å². The number of hydrogen-bond acceptors (Lipinski definition) is 3. The number of carbonyl (C=O) groups excluding carboxylic acids is 1. The monoisotopic (exact) mass is 369 g/mol. The highest BCUT2D eigenvalue weighted by atomic mass is 16.5. The molecule has 2 rings (SSSR count). The summed E-state index contributed by atoms with van der Waals surface area (Å²) in [4.78, 5) is 14.7. The van der Waals surface area contributed by atoms with Crippen LogP contribution in [0.25, 0.3) is 0 Å². The Morgan fingerprint density at radius 2 is 1.70 bits per heavy atom. The molecule has 0 saturated carbocycles. The number of methoxy groups -OCH3 is 1. The van der Waals surface area contributed by atoms with E-state index in [0.29, 0.717) is 0 Å². The zero-order valence-electron chi connectivity index (χ0n) is 16.7. The van der Waals surface area contributed by atoms with Crippen molar-refractivity contribution in [3.63, 3.8) is 0 Å². The molecule has 0 aliphatic heterocycles. The van der Waals surface area contributed by atoms with Gasteiger partial charge in [-0.25, -0.2) is 4.79 Å². The van der Waals surface area contributed by atoms with Crippen molar-refractivity contribution >= 4 is 6.03 Å². The molecule has 0 unspecified atom stereocenters. The second-order valence-electron chi connectivity index (χ2n) is 7.00. The molecule has 0 bridgehead atoms. The van der Waals surface area contributed by atoms with Crippen LogP contribution in [-0.2, 0) is 6.42 Å². The van der Waals surface area contributed by atoms with Gasteiger partial charge in [-0.3, -0.25) is 0 Å². The van der Waals surface area contributed by atoms with E-state index < -0.39 is 0 Å². The lowest BCUT2D eigenvalue weighted by atomic mass is 10.0. The van der Waals surface area contributed by atoms with Crippen molar-refractivity contribution in [3.05, 3.63) is 65.7 Å². The van der Waals surface area contributed by atoms with Crippen LogP contribution in [0.15, 0.2) is 54.6 Å². The number of urea groups is 1. The molecule has 2 aromatic rings. The van der Waals surface area contributed by atoms with Crippen LogP contribution in [-0.4, -0.2) is 44.7 Å². The van der Waals surface area contributed by atoms with E-state index in [4.69, 9.17) is 4.74 Å². The molecule has 0 saturated heterocycles. The zero-order chi connectivity index (χ0) is 19.6. The molecule has 2 amide bonds. The van der Waals surface area contributed by atoms with Crippen LogP contribution in [0.5, 0.6) is 5.75 Å². The molecule has 0 spiro atoms. The van der Waals surface area contributed by atoms with Crippen LogP contribution in [0.4, 0.5) is 4.79 Å². The first-order chi connectivity index (χ1) is 13.0. The Hall–Kier alpha value is -2.53. The minimum absolute atomic E-state index is 0.0346. The topological polar surface area (TPSA) is 53.6 Å². The lowest BCUT2D eigenvalue weighted by molar-refractivity contribution is 0.228. The molecule has 2 atom stereocenters. The van der Waals surface area contributed by atoms with Crippen LogP contribution in [0.2, 0.25) is 0 Å². The predicted molar refractivity (Wildman–Crippen MR) is 110 cm³/mol. The number of hydrogen-bond donors (Lipinski definition) is 2. The third-order valence-corrected chi connectivity index (χ3v) is 4.48. The molecule has 0 fully saturated rings. The fourth-order valence-corrected chi connectivity index (χ4v) is 3.14. The van der Waals surface area contributed by atoms with Crippen LogP contribution < -0.4 is 15.4 Å². The van der Waals surface area contributed by atoms with Crippen LogP contribution >= 0.6 is 0 Å². The summed E-state index contributed by atoms with van der Waals surface area (Å²) in [5, 5.41) is 6.24. The normalized spacial score (nSPS) is 13.1. The van der Waals surface area contributed by atoms with E-state index in [-0.39, 0.29) is 18.1 Å². The van der Waals surface area contributed by atoms with E-state index in [1.54, 1.807) is 7.11 Å². The van der Waals surface area contributed by atoms with Crippen molar-refractivity contribution in [3.8, 4) is 5.75 Å². The first-order valence-electron chi connectivity index (χ1n) is 9.41. The highest BCUT2D eigenvalue weighted by molar-refractivity contribution is 5.74. The maximum Gasteiger partial charge on any atom is 0.315 e. The number of amides is 2. The first kappa shape index (κ1) is 20.8. The maximum absolute atomic E-state index is 12.6. The van der Waals surface area contributed by atoms with Crippen molar-refractivity contribution in [1.29, 1.82) is 0 Å². The fourth-order valence-electron chi connectivity index (χ4n) is 3.14. The molecule has 2 aromatic carbocycles. The van der Waals surface area contributed by atoms with Gasteiger partial charge in [-0.1, -0.05) is 49.4 Å². The summed E-state index contributed by atoms with van der Waals surface area (Å²) in [5.41, 5.74) is 2.28. The van der Waals surface area contributed by atoms with E-state index in [9.17, 15) is 4.79 Å². The van der Waals surface area contributed by atoms with Crippen molar-refractivity contribution in [2.45, 2.75) is 31.8 Å². The molecular formula is C22H31N3O2. The first-order valence-corrected chi connectivity index (χ1v) is 9.41. The van der Waals surface area contributed by atoms with Crippen molar-refractivity contribution in [1.82, 2.24) is 15.5 Å². The van der Waals surface area contributed by atoms with E-state index in [2.05, 4.69) is 34.6 Å². The molecule has 146 valence electrons. The fraction of sp³-hybridized carbons (Fsp3) is 0.409. The lowest BCUT2D eigenvalue weighted by Gasteiger charge is -2.25. The molecule has 5 nitrogen and oxygen atoms in total. The number of nitrogens with one attached hydrogen (secondary N) is 2. The van der Waals surface area contributed by atoms with E-state index in [0.717, 1.165) is 30.7 Å². The second kappa shape index (κ2) is 10.6. The van der Waals surface area contributed by atoms with E-state index in [1.165, 1.54) is 5.56 Å². The number of likely N-dealkylation sites (N-methyl/N-ethyl adjacent to an activating group) is 1. The molecule has 0 aliphatic carbocycles. The molecule has 0 aromatic heterocycles. The molecular weight excluding hydrogens is 338 g/mol. The van der Waals surface area contributed by atoms with Crippen molar-refractivity contribution in [2.24, 2.45) is 0 Å². The Bertz CT molecular complexity index is 686. The van der Waals surface area contributed by atoms with Crippen molar-refractivity contribution in [2.75, 3.05) is 27.7 Å². The Morgan fingerprint density at radius 3 is 2.26 bits per heavy atom. The standard InChI is InChI=1S/C22H31N3O2/c1-5-21(18-11-13-20(27-4)14-12-18)24-22(26)23-19(16-25(2)3)15-17-9-7-6-8-10-17/h6-14,19,21H,5,15-16H2,1-4H3,(H2,23,24,26)/t19-,21-/m0/s1. The lowest BCUT2D eigenvalue weighted by Crippen LogP contribution is -2.48. The summed E-state index contributed by atoms with van der Waals surface area (Å²) in [7, 11) is 5.68. The van der Waals surface area contributed by atoms with Crippen LogP contribution in [0, 0.1) is 0 Å². The minimum Gasteiger partial charge on any atom is -0.497 e. The van der Waals surface area contributed by atoms with E-state index in [1.807, 2.05) is 56.6 Å². The molecule has 2 N–H and O–H groups in total. The number of rotatable bonds is 9. The van der Waals surface area contributed by atoms with Gasteiger partial charge >= 0.3 is 6.03 Å². The van der Waals surface area contributed by atoms with Crippen LogP contribution in [0.3, 0.4) is 0 Å². The summed E-state index contributed by atoms with van der Waals surface area (Å²) >= 11 is 0. The van der Waals surface area contributed by atoms with Gasteiger partial charge in [0.05, 0.1) is 13.2 Å². The third-order valence-electron chi connectivity index (χ3n) is 4.48. The SMILES string of the molecule is CC[C@H](NC(=O)N[C@@H](Cc1ccccc1)CN(C)C)c1ccc(OC)cc1. The predicted octanol–water partition coefficient (Wildman–Crippen LogP) is 3.62. The van der Waals surface area contributed by atoms with Gasteiger partial charge in [-0.15, -0.1) is 0 Å². The van der Waals surface area contributed by atoms with Gasteiger partial charge in [-0.05, 0) is 50.2 Å². The summed E-state index contributed by atoms with van der Waals surface area (Å²) < 4.78 is 5.21. The van der Waals surface area contributed by atoms with Gasteiger partial charge < -0.3 is 20.3 Å². The number of nitrogens with zero attached hydrogens (tertiary/aromatic N) is 1. The smallest absolute Gasteiger partial charge is 0.315 e. The van der Waals surface area contributed by atoms with Crippen LogP contribution in [0.1, 0.15) is 30.5 Å². The van der Waals surface area contributed by atoms with Gasteiger partial charge in [0.1, 0.15) is 5.75 Å². The average molecular weight is 370 g/mol. The highest BCUT2D eigenvalue weighted by Crippen LogP contribution is 2.20. The highest BCUT2D eigenvalue weighted by Gasteiger charge is 2.17. The average Bonchev–Trinajstić information content (AvgIpc) is 2.66. The van der Waals surface area contributed by atoms with Gasteiger partial charge in [0, 0.05) is 12.6 Å². The zero-order valence-corrected chi connectivity index (χ0v) is 16.7. The Labute approximate surface area is 162 Å². The van der Waals surface area contributed by atoms with Gasteiger partial charge in [-0.2, -0.15) is 0 Å². The largest absolute Gasteiger partial charge is 0.497 e. The van der Waals surface area contributed by atoms with E-state index >= 15 is 0 Å². The molecule has 5 heteroatoms. The molecule has 0 aliphatic rings. The molecule has 27 heavy (non-hydrogen) atoms. The van der Waals surface area contributed by atoms with Gasteiger partial charge in [0.2, 0.25) is 0 Å². The summed E-state index contributed by atoms with van der Waals surface area (Å²) in [6, 6.07) is 17.9. The Kier molecular flexibility index (Phi) is 8.14. The summed E-state index contributed by atoms with van der Waals surface area (Å²) in [5.74, 6) is 0.812. The molecule has 0 radical (unpaired) electrons. The second-order valence-corrected chi connectivity index (χ2v) is 7.00. The third kappa shape index (κ3) is 6.94. The van der Waals surface area contributed by atoms with Gasteiger partial charge in [0.25, 0.3) is 0 Å². The Balaban J connectivity index is 1.99. The molecule has 0 heterocycles. The number of benzene rings is 2. The summed E-state index contributed by atoms with van der Waals surface area (Å²) in [6.07, 6.45) is 1.61. The Morgan fingerprint density at radius 1 is 1.04 bits per heavy atom. The number of carbonyl (C=O) groups is 1. The number of ether oxygens (including phenoxy) is 1.